The summed E-state index contributed by atoms with van der Waals surface area (Å²) in [5.41, 5.74) is 10.4. The van der Waals surface area contributed by atoms with Crippen LogP contribution < -0.4 is 32.7 Å². The van der Waals surface area contributed by atoms with Gasteiger partial charge in [-0.3, -0.25) is 19.4 Å². The molecule has 1 saturated heterocycles. The molecular weight excluding hydrogens is 422 g/mol. The molecule has 0 spiro atoms. The molecule has 1 aliphatic heterocycles. The van der Waals surface area contributed by atoms with Crippen molar-refractivity contribution in [2.24, 2.45) is 22.4 Å². The summed E-state index contributed by atoms with van der Waals surface area (Å²) in [7, 11) is 0. The van der Waals surface area contributed by atoms with Gasteiger partial charge in [0.2, 0.25) is 17.7 Å². The first-order valence-electron chi connectivity index (χ1n) is 10.6. The van der Waals surface area contributed by atoms with Gasteiger partial charge in [0.25, 0.3) is 0 Å². The average molecular weight is 458 g/mol. The fraction of sp³-hybridized carbons (Fsp3) is 0.737. The highest BCUT2D eigenvalue weighted by molar-refractivity contribution is 5.94. The Morgan fingerprint density at radius 1 is 1.09 bits per heavy atom. The van der Waals surface area contributed by atoms with E-state index in [-0.39, 0.29) is 36.8 Å². The number of aliphatic hydroxyl groups excluding tert-OH is 1. The Morgan fingerprint density at radius 2 is 1.75 bits per heavy atom. The van der Waals surface area contributed by atoms with E-state index in [4.69, 9.17) is 11.5 Å². The van der Waals surface area contributed by atoms with Crippen LogP contribution in [0.2, 0.25) is 0 Å². The van der Waals surface area contributed by atoms with Gasteiger partial charge in [0, 0.05) is 6.54 Å². The number of hydrogen-bond acceptors (Lipinski definition) is 7. The zero-order valence-corrected chi connectivity index (χ0v) is 18.5. The number of aliphatic hydroxyl groups is 1. The Morgan fingerprint density at radius 3 is 2.25 bits per heavy atom. The van der Waals surface area contributed by atoms with Gasteiger partial charge in [0.1, 0.15) is 18.1 Å². The second kappa shape index (κ2) is 13.5. The van der Waals surface area contributed by atoms with Gasteiger partial charge in [-0.15, -0.1) is 0 Å². The molecular formula is C19H35N7O6. The van der Waals surface area contributed by atoms with Crippen LogP contribution in [-0.4, -0.2) is 83.7 Å². The summed E-state index contributed by atoms with van der Waals surface area (Å²) in [6.07, 6.45) is 1.87. The highest BCUT2D eigenvalue weighted by Crippen LogP contribution is 2.08. The molecule has 0 aromatic heterocycles. The van der Waals surface area contributed by atoms with Crippen LogP contribution >= 0.6 is 0 Å². The van der Waals surface area contributed by atoms with Crippen molar-refractivity contribution in [3.8, 4) is 0 Å². The molecule has 1 fully saturated rings. The molecule has 0 radical (unpaired) electrons. The minimum Gasteiger partial charge on any atom is -0.480 e. The lowest BCUT2D eigenvalue weighted by Crippen LogP contribution is -2.59. The van der Waals surface area contributed by atoms with Crippen LogP contribution in [0.3, 0.4) is 0 Å². The first-order valence-corrected chi connectivity index (χ1v) is 10.6. The molecule has 0 saturated carbocycles. The normalized spacial score (nSPS) is 18.3. The molecule has 4 unspecified atom stereocenters. The SMILES string of the molecule is CC(C)C(NC(=O)C1CCCN1)C(=O)NC(CO)C(=O)NC(CCCN=C(N)N)C(=O)O. The second-order valence-electron chi connectivity index (χ2n) is 7.97. The Hall–Kier alpha value is -2.93. The average Bonchev–Trinajstić information content (AvgIpc) is 3.26. The van der Waals surface area contributed by atoms with E-state index < -0.39 is 42.5 Å². The molecule has 32 heavy (non-hydrogen) atoms. The molecule has 13 heteroatoms. The summed E-state index contributed by atoms with van der Waals surface area (Å²) in [6.45, 7) is 3.63. The van der Waals surface area contributed by atoms with Crippen molar-refractivity contribution in [1.29, 1.82) is 0 Å². The Balaban J connectivity index is 2.70. The topological polar surface area (TPSA) is 221 Å². The highest BCUT2D eigenvalue weighted by Gasteiger charge is 2.32. The number of nitrogens with zero attached hydrogens (tertiary/aromatic N) is 1. The molecule has 1 aliphatic rings. The molecule has 1 heterocycles. The molecule has 0 aromatic rings. The largest absolute Gasteiger partial charge is 0.480 e. The Bertz CT molecular complexity index is 690. The predicted octanol–water partition coefficient (Wildman–Crippen LogP) is -3.02. The van der Waals surface area contributed by atoms with Gasteiger partial charge >= 0.3 is 5.97 Å². The number of amides is 3. The third-order valence-electron chi connectivity index (χ3n) is 5.00. The number of aliphatic carboxylic acids is 1. The van der Waals surface area contributed by atoms with E-state index in [9.17, 15) is 29.4 Å². The van der Waals surface area contributed by atoms with Crippen LogP contribution in [0.4, 0.5) is 0 Å². The van der Waals surface area contributed by atoms with Crippen molar-refractivity contribution in [3.05, 3.63) is 0 Å². The molecule has 3 amide bonds. The number of nitrogens with two attached hydrogens (primary N) is 2. The van der Waals surface area contributed by atoms with Crippen molar-refractivity contribution in [3.63, 3.8) is 0 Å². The fourth-order valence-corrected chi connectivity index (χ4v) is 3.19. The minimum absolute atomic E-state index is 0.0447. The van der Waals surface area contributed by atoms with Crippen molar-refractivity contribution in [2.45, 2.75) is 63.7 Å². The van der Waals surface area contributed by atoms with Crippen molar-refractivity contribution < 1.29 is 29.4 Å². The van der Waals surface area contributed by atoms with E-state index in [1.165, 1.54) is 0 Å². The lowest BCUT2D eigenvalue weighted by molar-refractivity contribution is -0.142. The summed E-state index contributed by atoms with van der Waals surface area (Å²) < 4.78 is 0. The monoisotopic (exact) mass is 457 g/mol. The van der Waals surface area contributed by atoms with E-state index in [0.29, 0.717) is 12.8 Å². The van der Waals surface area contributed by atoms with Gasteiger partial charge in [-0.25, -0.2) is 4.79 Å². The van der Waals surface area contributed by atoms with Gasteiger partial charge in [0.05, 0.1) is 12.6 Å². The second-order valence-corrected chi connectivity index (χ2v) is 7.97. The van der Waals surface area contributed by atoms with Crippen molar-refractivity contribution in [1.82, 2.24) is 21.3 Å². The zero-order valence-electron chi connectivity index (χ0n) is 18.5. The summed E-state index contributed by atoms with van der Waals surface area (Å²) in [5, 5.41) is 29.3. The summed E-state index contributed by atoms with van der Waals surface area (Å²) in [6, 6.07) is -3.95. The van der Waals surface area contributed by atoms with Crippen LogP contribution in [0.5, 0.6) is 0 Å². The maximum absolute atomic E-state index is 12.7. The molecule has 0 bridgehead atoms. The highest BCUT2D eigenvalue weighted by atomic mass is 16.4. The predicted molar refractivity (Wildman–Crippen MR) is 116 cm³/mol. The van der Waals surface area contributed by atoms with E-state index in [1.54, 1.807) is 13.8 Å². The summed E-state index contributed by atoms with van der Waals surface area (Å²) in [4.78, 5) is 52.7. The number of rotatable bonds is 13. The summed E-state index contributed by atoms with van der Waals surface area (Å²) >= 11 is 0. The van der Waals surface area contributed by atoms with Gasteiger partial charge < -0.3 is 42.9 Å². The summed E-state index contributed by atoms with van der Waals surface area (Å²) in [5.74, 6) is -3.51. The van der Waals surface area contributed by atoms with Crippen LogP contribution in [0, 0.1) is 5.92 Å². The molecule has 4 atom stereocenters. The van der Waals surface area contributed by atoms with Crippen LogP contribution in [0.25, 0.3) is 0 Å². The lowest BCUT2D eigenvalue weighted by atomic mass is 10.0. The van der Waals surface area contributed by atoms with Crippen molar-refractivity contribution in [2.75, 3.05) is 19.7 Å². The van der Waals surface area contributed by atoms with Crippen LogP contribution in [-0.2, 0) is 19.2 Å². The number of carboxylic acid groups (broad SMARTS) is 1. The number of hydrogen-bond donors (Lipinski definition) is 8. The number of guanidine groups is 1. The maximum atomic E-state index is 12.7. The molecule has 0 aromatic carbocycles. The van der Waals surface area contributed by atoms with Crippen molar-refractivity contribution >= 4 is 29.7 Å². The first kappa shape index (κ1) is 27.1. The number of carboxylic acids is 1. The quantitative estimate of drug-likeness (QED) is 0.0799. The zero-order chi connectivity index (χ0) is 24.3. The third-order valence-corrected chi connectivity index (χ3v) is 5.00. The standard InChI is InChI=1S/C19H35N7O6/c1-10(2)14(26-15(28)11-5-3-7-22-11)17(30)25-13(9-27)16(29)24-12(18(31)32)6-4-8-23-19(20)21/h10-14,22,27H,3-9H2,1-2H3,(H,24,29)(H,25,30)(H,26,28)(H,31,32)(H4,20,21,23). The lowest BCUT2D eigenvalue weighted by Gasteiger charge is -2.26. The van der Waals surface area contributed by atoms with Gasteiger partial charge in [-0.1, -0.05) is 13.8 Å². The first-order chi connectivity index (χ1) is 15.1. The number of carbonyl (C=O) groups is 4. The number of carbonyl (C=O) groups excluding carboxylic acids is 3. The van der Waals surface area contributed by atoms with Crippen LogP contribution in [0.15, 0.2) is 4.99 Å². The van der Waals surface area contributed by atoms with E-state index in [1.807, 2.05) is 0 Å². The molecule has 10 N–H and O–H groups in total. The molecule has 13 nitrogen and oxygen atoms in total. The number of aliphatic imine (C=N–C) groups is 1. The third kappa shape index (κ3) is 9.06. The molecule has 0 aliphatic carbocycles. The fourth-order valence-electron chi connectivity index (χ4n) is 3.19. The van der Waals surface area contributed by atoms with E-state index in [2.05, 4.69) is 26.3 Å². The Kier molecular flexibility index (Phi) is 11.4. The molecule has 182 valence electrons. The van der Waals surface area contributed by atoms with E-state index in [0.717, 1.165) is 13.0 Å². The molecule has 1 rings (SSSR count). The van der Waals surface area contributed by atoms with E-state index >= 15 is 0 Å². The van der Waals surface area contributed by atoms with Gasteiger partial charge in [0.15, 0.2) is 5.96 Å². The van der Waals surface area contributed by atoms with Gasteiger partial charge in [-0.2, -0.15) is 0 Å². The minimum atomic E-state index is -1.38. The Labute approximate surface area is 186 Å². The number of nitrogens with one attached hydrogen (secondary N) is 4. The van der Waals surface area contributed by atoms with Gasteiger partial charge in [-0.05, 0) is 38.1 Å². The van der Waals surface area contributed by atoms with Crippen LogP contribution in [0.1, 0.15) is 39.5 Å². The smallest absolute Gasteiger partial charge is 0.326 e. The maximum Gasteiger partial charge on any atom is 0.326 e.